The predicted molar refractivity (Wildman–Crippen MR) is 88.2 cm³/mol. The van der Waals surface area contributed by atoms with Crippen LogP contribution < -0.4 is 5.32 Å². The number of halogens is 1. The molecule has 4 nitrogen and oxygen atoms in total. The van der Waals surface area contributed by atoms with E-state index >= 15 is 0 Å². The third-order valence-corrected chi connectivity index (χ3v) is 4.89. The molecule has 2 aliphatic rings. The molecule has 1 aliphatic heterocycles. The van der Waals surface area contributed by atoms with E-state index in [0.29, 0.717) is 6.42 Å². The molecule has 1 aromatic carbocycles. The Balaban J connectivity index is 2.11. The molecule has 1 atom stereocenters. The summed E-state index contributed by atoms with van der Waals surface area (Å²) >= 11 is 3.41. The van der Waals surface area contributed by atoms with Crippen molar-refractivity contribution >= 4 is 27.7 Å². The van der Waals surface area contributed by atoms with Gasteiger partial charge in [-0.1, -0.05) is 41.9 Å². The van der Waals surface area contributed by atoms with Gasteiger partial charge >= 0.3 is 6.03 Å². The molecule has 1 N–H and O–H groups in total. The van der Waals surface area contributed by atoms with Crippen LogP contribution in [-0.2, 0) is 4.79 Å². The molecular weight excluding hydrogens is 344 g/mol. The molecule has 1 aliphatic carbocycles. The quantitative estimate of drug-likeness (QED) is 0.825. The van der Waals surface area contributed by atoms with E-state index in [1.807, 2.05) is 24.3 Å². The number of hydrogen-bond acceptors (Lipinski definition) is 2. The second-order valence-corrected chi connectivity index (χ2v) is 7.71. The molecule has 2 amide bonds. The van der Waals surface area contributed by atoms with Gasteiger partial charge in [-0.05, 0) is 29.5 Å². The molecular formula is C17H19BrN2O2. The topological polar surface area (TPSA) is 49.4 Å². The summed E-state index contributed by atoms with van der Waals surface area (Å²) in [6, 6.07) is 7.23. The second kappa shape index (κ2) is 5.23. The summed E-state index contributed by atoms with van der Waals surface area (Å²) in [6.07, 6.45) is 1.26. The number of nitrogens with one attached hydrogen (secondary N) is 1. The Labute approximate surface area is 138 Å². The van der Waals surface area contributed by atoms with E-state index in [9.17, 15) is 9.59 Å². The van der Waals surface area contributed by atoms with Gasteiger partial charge in [-0.25, -0.2) is 4.79 Å². The average Bonchev–Trinajstić information content (AvgIpc) is 2.43. The first-order chi connectivity index (χ1) is 10.3. The van der Waals surface area contributed by atoms with Gasteiger partial charge in [0, 0.05) is 29.2 Å². The van der Waals surface area contributed by atoms with E-state index in [-0.39, 0.29) is 23.3 Å². The molecule has 22 heavy (non-hydrogen) atoms. The molecule has 0 fully saturated rings. The molecule has 1 heterocycles. The number of nitrogens with zero attached hydrogens (tertiary/aromatic N) is 1. The van der Waals surface area contributed by atoms with Gasteiger partial charge in [0.05, 0.1) is 6.04 Å². The molecule has 0 spiro atoms. The van der Waals surface area contributed by atoms with Gasteiger partial charge in [0.2, 0.25) is 0 Å². The molecule has 0 unspecified atom stereocenters. The van der Waals surface area contributed by atoms with Gasteiger partial charge < -0.3 is 10.2 Å². The maximum atomic E-state index is 12.7. The van der Waals surface area contributed by atoms with Crippen molar-refractivity contribution in [2.24, 2.45) is 5.41 Å². The van der Waals surface area contributed by atoms with Gasteiger partial charge in [0.25, 0.3) is 0 Å². The monoisotopic (exact) mass is 362 g/mol. The van der Waals surface area contributed by atoms with Crippen molar-refractivity contribution in [1.29, 1.82) is 0 Å². The minimum atomic E-state index is -0.351. The minimum Gasteiger partial charge on any atom is -0.327 e. The molecule has 0 saturated carbocycles. The maximum absolute atomic E-state index is 12.7. The number of ketones is 1. The summed E-state index contributed by atoms with van der Waals surface area (Å²) in [7, 11) is 1.73. The molecule has 0 radical (unpaired) electrons. The zero-order valence-corrected chi connectivity index (χ0v) is 14.5. The SMILES string of the molecule is CN1C(=O)N[C@@H](c2ccc(Br)cc2)C2=C1CC(C)(C)CC2=O. The van der Waals surface area contributed by atoms with E-state index < -0.39 is 0 Å². The van der Waals surface area contributed by atoms with Crippen LogP contribution in [0.25, 0.3) is 0 Å². The Hall–Kier alpha value is -1.62. The number of hydrogen-bond donors (Lipinski definition) is 1. The summed E-state index contributed by atoms with van der Waals surface area (Å²) in [6.45, 7) is 4.15. The second-order valence-electron chi connectivity index (χ2n) is 6.79. The lowest BCUT2D eigenvalue weighted by Gasteiger charge is -2.42. The fourth-order valence-electron chi connectivity index (χ4n) is 3.25. The standard InChI is InChI=1S/C17H19BrN2O2/c1-17(2)8-12-14(13(21)9-17)15(19-16(22)20(12)3)10-4-6-11(18)7-5-10/h4-7,15H,8-9H2,1-3H3,(H,19,22)/t15-/m0/s1. The number of amides is 2. The summed E-state index contributed by atoms with van der Waals surface area (Å²) in [4.78, 5) is 26.6. The van der Waals surface area contributed by atoms with Gasteiger partial charge in [0.15, 0.2) is 5.78 Å². The normalized spacial score (nSPS) is 24.2. The number of benzene rings is 1. The lowest BCUT2D eigenvalue weighted by Crippen LogP contribution is -2.49. The average molecular weight is 363 g/mol. The van der Waals surface area contributed by atoms with Crippen LogP contribution in [-0.4, -0.2) is 23.8 Å². The Morgan fingerprint density at radius 3 is 2.45 bits per heavy atom. The van der Waals surface area contributed by atoms with Gasteiger partial charge in [-0.2, -0.15) is 0 Å². The van der Waals surface area contributed by atoms with Gasteiger partial charge in [-0.3, -0.25) is 4.79 Å². The lowest BCUT2D eigenvalue weighted by atomic mass is 9.72. The largest absolute Gasteiger partial charge is 0.327 e. The molecule has 5 heteroatoms. The highest BCUT2D eigenvalue weighted by Gasteiger charge is 2.42. The van der Waals surface area contributed by atoms with E-state index in [0.717, 1.165) is 27.7 Å². The minimum absolute atomic E-state index is 0.105. The van der Waals surface area contributed by atoms with Crippen molar-refractivity contribution < 1.29 is 9.59 Å². The van der Waals surface area contributed by atoms with Crippen LogP contribution in [0.5, 0.6) is 0 Å². The molecule has 3 rings (SSSR count). The Morgan fingerprint density at radius 2 is 1.82 bits per heavy atom. The smallest absolute Gasteiger partial charge is 0.322 e. The number of carbonyl (C=O) groups is 2. The van der Waals surface area contributed by atoms with Crippen LogP contribution in [0, 0.1) is 5.41 Å². The summed E-state index contributed by atoms with van der Waals surface area (Å²) in [5.74, 6) is 0.131. The third kappa shape index (κ3) is 2.58. The number of rotatable bonds is 1. The summed E-state index contributed by atoms with van der Waals surface area (Å²) < 4.78 is 0.973. The van der Waals surface area contributed by atoms with Crippen molar-refractivity contribution in [1.82, 2.24) is 10.2 Å². The number of Topliss-reactive ketones (excluding diaryl/α,β-unsaturated/α-hetero) is 1. The first-order valence-corrected chi connectivity index (χ1v) is 8.14. The molecule has 1 aromatic rings. The van der Waals surface area contributed by atoms with Crippen LogP contribution in [0.4, 0.5) is 4.79 Å². The molecule has 0 bridgehead atoms. The van der Waals surface area contributed by atoms with Crippen molar-refractivity contribution in [3.63, 3.8) is 0 Å². The molecule has 0 saturated heterocycles. The Bertz CT molecular complexity index is 676. The Morgan fingerprint density at radius 1 is 1.18 bits per heavy atom. The predicted octanol–water partition coefficient (Wildman–Crippen LogP) is 3.79. The highest BCUT2D eigenvalue weighted by atomic mass is 79.9. The summed E-state index contributed by atoms with van der Waals surface area (Å²) in [5, 5.41) is 2.95. The fraction of sp³-hybridized carbons (Fsp3) is 0.412. The number of allylic oxidation sites excluding steroid dienone is 1. The highest BCUT2D eigenvalue weighted by molar-refractivity contribution is 9.10. The van der Waals surface area contributed by atoms with E-state index in [1.54, 1.807) is 11.9 Å². The molecule has 0 aromatic heterocycles. The van der Waals surface area contributed by atoms with E-state index in [4.69, 9.17) is 0 Å². The van der Waals surface area contributed by atoms with Crippen LogP contribution >= 0.6 is 15.9 Å². The van der Waals surface area contributed by atoms with Crippen LogP contribution in [0.1, 0.15) is 38.3 Å². The third-order valence-electron chi connectivity index (χ3n) is 4.37. The van der Waals surface area contributed by atoms with Crippen LogP contribution in [0.15, 0.2) is 40.0 Å². The van der Waals surface area contributed by atoms with Crippen LogP contribution in [0.2, 0.25) is 0 Å². The maximum Gasteiger partial charge on any atom is 0.322 e. The van der Waals surface area contributed by atoms with E-state index in [1.165, 1.54) is 0 Å². The first-order valence-electron chi connectivity index (χ1n) is 7.34. The van der Waals surface area contributed by atoms with Crippen molar-refractivity contribution in [3.8, 4) is 0 Å². The van der Waals surface area contributed by atoms with Crippen LogP contribution in [0.3, 0.4) is 0 Å². The first kappa shape index (κ1) is 15.3. The fourth-order valence-corrected chi connectivity index (χ4v) is 3.51. The van der Waals surface area contributed by atoms with E-state index in [2.05, 4.69) is 35.1 Å². The zero-order chi connectivity index (χ0) is 16.1. The summed E-state index contributed by atoms with van der Waals surface area (Å²) in [5.41, 5.74) is 2.43. The zero-order valence-electron chi connectivity index (χ0n) is 12.9. The van der Waals surface area contributed by atoms with Gasteiger partial charge in [0.1, 0.15) is 0 Å². The lowest BCUT2D eigenvalue weighted by molar-refractivity contribution is -0.118. The van der Waals surface area contributed by atoms with Gasteiger partial charge in [-0.15, -0.1) is 0 Å². The Kier molecular flexibility index (Phi) is 3.63. The number of carbonyl (C=O) groups excluding carboxylic acids is 2. The van der Waals surface area contributed by atoms with Crippen molar-refractivity contribution in [2.45, 2.75) is 32.7 Å². The van der Waals surface area contributed by atoms with Crippen molar-refractivity contribution in [3.05, 3.63) is 45.6 Å². The highest BCUT2D eigenvalue weighted by Crippen LogP contribution is 2.43. The molecule has 116 valence electrons. The van der Waals surface area contributed by atoms with Crippen molar-refractivity contribution in [2.75, 3.05) is 7.05 Å². The number of urea groups is 1.